The number of hydrogen-bond acceptors (Lipinski definition) is 2. The summed E-state index contributed by atoms with van der Waals surface area (Å²) in [5, 5.41) is 10.1. The Bertz CT molecular complexity index is 639. The van der Waals surface area contributed by atoms with Gasteiger partial charge in [-0.15, -0.1) is 0 Å². The first-order valence-corrected chi connectivity index (χ1v) is 9.71. The van der Waals surface area contributed by atoms with E-state index >= 15 is 0 Å². The Balaban J connectivity index is 1.73. The van der Waals surface area contributed by atoms with Crippen molar-refractivity contribution in [3.05, 3.63) is 29.3 Å². The van der Waals surface area contributed by atoms with Crippen LogP contribution in [0.1, 0.15) is 63.5 Å². The van der Waals surface area contributed by atoms with Gasteiger partial charge < -0.3 is 9.84 Å². The van der Waals surface area contributed by atoms with Gasteiger partial charge in [-0.2, -0.15) is 0 Å². The number of fused-ring (bicyclic) bond motifs is 5. The SMILES string of the molecule is COc1ccc2c(c1)C[C@@H](C)[C@@H]1[C@@H]2CC[C@@]2(C)[C@@H]1CC[C@@]2(C)CO. The maximum Gasteiger partial charge on any atom is 0.119 e. The average molecular weight is 328 g/mol. The van der Waals surface area contributed by atoms with Crippen molar-refractivity contribution in [2.24, 2.45) is 28.6 Å². The third-order valence-electron chi connectivity index (χ3n) is 8.41. The van der Waals surface area contributed by atoms with Crippen LogP contribution in [0, 0.1) is 28.6 Å². The third kappa shape index (κ3) is 2.05. The molecule has 0 bridgehead atoms. The molecule has 0 aromatic heterocycles. The van der Waals surface area contributed by atoms with Gasteiger partial charge in [0.05, 0.1) is 7.11 Å². The Morgan fingerprint density at radius 2 is 2.00 bits per heavy atom. The molecule has 2 saturated carbocycles. The minimum Gasteiger partial charge on any atom is -0.497 e. The Morgan fingerprint density at radius 1 is 1.21 bits per heavy atom. The smallest absolute Gasteiger partial charge is 0.119 e. The molecule has 3 aliphatic rings. The van der Waals surface area contributed by atoms with E-state index in [9.17, 15) is 5.11 Å². The average Bonchev–Trinajstić information content (AvgIpc) is 2.86. The monoisotopic (exact) mass is 328 g/mol. The molecule has 132 valence electrons. The molecule has 3 aliphatic carbocycles. The highest BCUT2D eigenvalue weighted by Gasteiger charge is 2.60. The fourth-order valence-electron chi connectivity index (χ4n) is 6.70. The molecule has 0 saturated heterocycles. The summed E-state index contributed by atoms with van der Waals surface area (Å²) < 4.78 is 5.45. The Hall–Kier alpha value is -1.02. The fraction of sp³-hybridized carbons (Fsp3) is 0.727. The van der Waals surface area contributed by atoms with Crippen LogP contribution in [0.5, 0.6) is 5.75 Å². The molecule has 0 radical (unpaired) electrons. The van der Waals surface area contributed by atoms with Crippen LogP contribution in [-0.2, 0) is 6.42 Å². The van der Waals surface area contributed by atoms with E-state index < -0.39 is 0 Å². The number of aliphatic hydroxyl groups is 1. The highest BCUT2D eigenvalue weighted by molar-refractivity contribution is 5.41. The molecule has 1 aromatic carbocycles. The zero-order chi connectivity index (χ0) is 17.1. The molecular weight excluding hydrogens is 296 g/mol. The lowest BCUT2D eigenvalue weighted by Gasteiger charge is -2.55. The number of rotatable bonds is 2. The molecular formula is C22H32O2. The van der Waals surface area contributed by atoms with Crippen LogP contribution in [0.3, 0.4) is 0 Å². The molecule has 0 heterocycles. The molecule has 2 fully saturated rings. The first kappa shape index (κ1) is 16.4. The highest BCUT2D eigenvalue weighted by atomic mass is 16.5. The van der Waals surface area contributed by atoms with Crippen LogP contribution >= 0.6 is 0 Å². The lowest BCUT2D eigenvalue weighted by molar-refractivity contribution is -0.0560. The second-order valence-corrected chi connectivity index (χ2v) is 9.25. The fourth-order valence-corrected chi connectivity index (χ4v) is 6.70. The number of methoxy groups -OCH3 is 1. The summed E-state index contributed by atoms with van der Waals surface area (Å²) in [6, 6.07) is 6.75. The molecule has 0 unspecified atom stereocenters. The lowest BCUT2D eigenvalue weighted by atomic mass is 9.49. The first-order valence-electron chi connectivity index (χ1n) is 9.71. The van der Waals surface area contributed by atoms with Gasteiger partial charge >= 0.3 is 0 Å². The van der Waals surface area contributed by atoms with Gasteiger partial charge in [0.1, 0.15) is 5.75 Å². The molecule has 1 aromatic rings. The van der Waals surface area contributed by atoms with E-state index in [1.165, 1.54) is 37.7 Å². The van der Waals surface area contributed by atoms with Gasteiger partial charge in [-0.25, -0.2) is 0 Å². The van der Waals surface area contributed by atoms with Crippen molar-refractivity contribution in [1.29, 1.82) is 0 Å². The van der Waals surface area contributed by atoms with Gasteiger partial charge in [0.15, 0.2) is 0 Å². The van der Waals surface area contributed by atoms with Gasteiger partial charge in [0, 0.05) is 6.61 Å². The van der Waals surface area contributed by atoms with Crippen molar-refractivity contribution in [3.8, 4) is 5.75 Å². The highest BCUT2D eigenvalue weighted by Crippen LogP contribution is 2.67. The summed E-state index contributed by atoms with van der Waals surface area (Å²) in [5.74, 6) is 3.96. The zero-order valence-electron chi connectivity index (χ0n) is 15.6. The Kier molecular flexibility index (Phi) is 3.76. The van der Waals surface area contributed by atoms with E-state index in [2.05, 4.69) is 39.0 Å². The van der Waals surface area contributed by atoms with Gasteiger partial charge in [-0.1, -0.05) is 26.8 Å². The van der Waals surface area contributed by atoms with Crippen LogP contribution in [0.4, 0.5) is 0 Å². The van der Waals surface area contributed by atoms with Crippen LogP contribution in [-0.4, -0.2) is 18.8 Å². The van der Waals surface area contributed by atoms with E-state index in [1.54, 1.807) is 12.7 Å². The first-order chi connectivity index (χ1) is 11.4. The van der Waals surface area contributed by atoms with E-state index in [0.29, 0.717) is 17.9 Å². The summed E-state index contributed by atoms with van der Waals surface area (Å²) in [7, 11) is 1.76. The number of benzene rings is 1. The van der Waals surface area contributed by atoms with E-state index in [4.69, 9.17) is 4.74 Å². The van der Waals surface area contributed by atoms with Crippen molar-refractivity contribution in [2.45, 2.75) is 58.8 Å². The minimum atomic E-state index is 0.114. The quantitative estimate of drug-likeness (QED) is 0.845. The summed E-state index contributed by atoms with van der Waals surface area (Å²) in [4.78, 5) is 0. The van der Waals surface area contributed by atoms with E-state index in [1.807, 2.05) is 0 Å². The molecule has 2 heteroatoms. The third-order valence-corrected chi connectivity index (χ3v) is 8.41. The molecule has 24 heavy (non-hydrogen) atoms. The Labute approximate surface area is 146 Å². The number of hydrogen-bond donors (Lipinski definition) is 1. The van der Waals surface area contributed by atoms with Crippen molar-refractivity contribution in [1.82, 2.24) is 0 Å². The molecule has 4 rings (SSSR count). The van der Waals surface area contributed by atoms with Gasteiger partial charge in [-0.3, -0.25) is 0 Å². The largest absolute Gasteiger partial charge is 0.497 e. The van der Waals surface area contributed by atoms with Crippen molar-refractivity contribution in [3.63, 3.8) is 0 Å². The number of ether oxygens (including phenoxy) is 1. The maximum atomic E-state index is 10.1. The van der Waals surface area contributed by atoms with Gasteiger partial charge in [0.2, 0.25) is 0 Å². The second kappa shape index (κ2) is 5.49. The molecule has 1 N–H and O–H groups in total. The van der Waals surface area contributed by atoms with Gasteiger partial charge in [0.25, 0.3) is 0 Å². The van der Waals surface area contributed by atoms with Crippen molar-refractivity contribution < 1.29 is 9.84 Å². The van der Waals surface area contributed by atoms with Crippen LogP contribution < -0.4 is 4.74 Å². The second-order valence-electron chi connectivity index (χ2n) is 9.25. The van der Waals surface area contributed by atoms with Gasteiger partial charge in [-0.05, 0) is 89.9 Å². The minimum absolute atomic E-state index is 0.114. The topological polar surface area (TPSA) is 29.5 Å². The standard InChI is InChI=1S/C22H32O2/c1-14-11-15-12-16(24-4)5-6-17(15)18-7-10-22(3)19(20(14)18)8-9-21(22,2)13-23/h5-6,12,14,18-20,23H,7-11,13H2,1-4H3/t14-,18-,19-,20-,21+,22+/m1/s1. The molecule has 6 atom stereocenters. The number of aliphatic hydroxyl groups excluding tert-OH is 1. The Morgan fingerprint density at radius 3 is 2.71 bits per heavy atom. The predicted octanol–water partition coefficient (Wildman–Crippen LogP) is 4.80. The van der Waals surface area contributed by atoms with Crippen LogP contribution in [0.15, 0.2) is 18.2 Å². The van der Waals surface area contributed by atoms with E-state index in [-0.39, 0.29) is 5.41 Å². The predicted molar refractivity (Wildman–Crippen MR) is 97.4 cm³/mol. The normalized spacial score (nSPS) is 43.7. The summed E-state index contributed by atoms with van der Waals surface area (Å²) in [6.07, 6.45) is 6.20. The van der Waals surface area contributed by atoms with Crippen molar-refractivity contribution >= 4 is 0 Å². The molecule has 0 aliphatic heterocycles. The molecule has 2 nitrogen and oxygen atoms in total. The van der Waals surface area contributed by atoms with Crippen LogP contribution in [0.2, 0.25) is 0 Å². The molecule has 0 spiro atoms. The summed E-state index contributed by atoms with van der Waals surface area (Å²) >= 11 is 0. The maximum absolute atomic E-state index is 10.1. The van der Waals surface area contributed by atoms with E-state index in [0.717, 1.165) is 23.5 Å². The van der Waals surface area contributed by atoms with Crippen LogP contribution in [0.25, 0.3) is 0 Å². The van der Waals surface area contributed by atoms with Crippen molar-refractivity contribution in [2.75, 3.05) is 13.7 Å². The summed E-state index contributed by atoms with van der Waals surface area (Å²) in [5.41, 5.74) is 3.51. The zero-order valence-corrected chi connectivity index (χ0v) is 15.6. The lowest BCUT2D eigenvalue weighted by Crippen LogP contribution is -2.49. The summed E-state index contributed by atoms with van der Waals surface area (Å²) in [6.45, 7) is 7.62. The molecule has 0 amide bonds.